The second-order valence-corrected chi connectivity index (χ2v) is 7.45. The van der Waals surface area contributed by atoms with Gasteiger partial charge in [-0.25, -0.2) is 0 Å². The Labute approximate surface area is 173 Å². The number of anilines is 1. The second-order valence-electron chi connectivity index (χ2n) is 7.45. The Morgan fingerprint density at radius 2 is 2.00 bits per heavy atom. The second kappa shape index (κ2) is 7.79. The van der Waals surface area contributed by atoms with E-state index in [4.69, 9.17) is 15.2 Å². The molecule has 2 aromatic rings. The maximum Gasteiger partial charge on any atom is 0.249 e. The van der Waals surface area contributed by atoms with Crippen LogP contribution in [-0.4, -0.2) is 49.5 Å². The molecule has 0 aromatic heterocycles. The van der Waals surface area contributed by atoms with E-state index >= 15 is 0 Å². The summed E-state index contributed by atoms with van der Waals surface area (Å²) in [6, 6.07) is 14.4. The number of carbonyl (C=O) groups is 3. The number of nitrogens with one attached hydrogen (secondary N) is 1. The molecule has 2 atom stereocenters. The monoisotopic (exact) mass is 409 g/mol. The predicted molar refractivity (Wildman–Crippen MR) is 109 cm³/mol. The molecule has 2 aliphatic rings. The molecular formula is C22H23N3O5. The van der Waals surface area contributed by atoms with Crippen molar-refractivity contribution in [2.45, 2.75) is 17.9 Å². The van der Waals surface area contributed by atoms with E-state index in [1.807, 2.05) is 48.5 Å². The Kier molecular flexibility index (Phi) is 5.17. The number of methoxy groups -OCH3 is 1. The van der Waals surface area contributed by atoms with E-state index in [1.165, 1.54) is 0 Å². The molecule has 2 aliphatic heterocycles. The first-order chi connectivity index (χ1) is 14.5. The molecule has 2 aromatic carbocycles. The van der Waals surface area contributed by atoms with E-state index in [9.17, 15) is 14.4 Å². The standard InChI is InChI=1S/C22H23N3O5/c1-29-15-6-4-5-14(11-15)20-22(16-7-2-3-8-17(16)24-21(22)28)9-10-25(20)19(27)13-30-12-18(23)26/h2-8,11,20H,9-10,12-13H2,1H3,(H2,23,26)(H,24,28)/t20-,22+/m0/s1. The smallest absolute Gasteiger partial charge is 0.249 e. The molecule has 1 saturated heterocycles. The molecule has 8 heteroatoms. The Balaban J connectivity index is 1.77. The van der Waals surface area contributed by atoms with Crippen LogP contribution in [0.3, 0.4) is 0 Å². The van der Waals surface area contributed by atoms with Gasteiger partial charge >= 0.3 is 0 Å². The lowest BCUT2D eigenvalue weighted by Gasteiger charge is -2.34. The van der Waals surface area contributed by atoms with Crippen molar-refractivity contribution in [3.8, 4) is 5.75 Å². The number of nitrogens with zero attached hydrogens (tertiary/aromatic N) is 1. The molecule has 0 radical (unpaired) electrons. The third-order valence-corrected chi connectivity index (χ3v) is 5.79. The minimum Gasteiger partial charge on any atom is -0.497 e. The van der Waals surface area contributed by atoms with Crippen LogP contribution in [0.2, 0.25) is 0 Å². The average molecular weight is 409 g/mol. The van der Waals surface area contributed by atoms with E-state index in [-0.39, 0.29) is 25.0 Å². The highest BCUT2D eigenvalue weighted by atomic mass is 16.5. The average Bonchev–Trinajstić information content (AvgIpc) is 3.27. The van der Waals surface area contributed by atoms with Crippen molar-refractivity contribution < 1.29 is 23.9 Å². The van der Waals surface area contributed by atoms with Crippen molar-refractivity contribution in [2.24, 2.45) is 5.73 Å². The van der Waals surface area contributed by atoms with Gasteiger partial charge < -0.3 is 25.4 Å². The third-order valence-electron chi connectivity index (χ3n) is 5.79. The number of amides is 3. The highest BCUT2D eigenvalue weighted by Gasteiger charge is 2.59. The largest absolute Gasteiger partial charge is 0.497 e. The Hall–Kier alpha value is -3.39. The quantitative estimate of drug-likeness (QED) is 0.748. The zero-order valence-corrected chi connectivity index (χ0v) is 16.6. The number of ether oxygens (including phenoxy) is 2. The van der Waals surface area contributed by atoms with Crippen LogP contribution in [0.1, 0.15) is 23.6 Å². The van der Waals surface area contributed by atoms with E-state index in [0.717, 1.165) is 16.8 Å². The van der Waals surface area contributed by atoms with Crippen LogP contribution in [-0.2, 0) is 24.5 Å². The molecule has 0 bridgehead atoms. The number of carbonyl (C=O) groups excluding carboxylic acids is 3. The van der Waals surface area contributed by atoms with Gasteiger partial charge in [-0.05, 0) is 35.7 Å². The van der Waals surface area contributed by atoms with Crippen molar-refractivity contribution in [2.75, 3.05) is 32.2 Å². The molecule has 0 saturated carbocycles. The molecule has 30 heavy (non-hydrogen) atoms. The summed E-state index contributed by atoms with van der Waals surface area (Å²) in [6.07, 6.45) is 0.472. The number of benzene rings is 2. The molecule has 3 amide bonds. The first-order valence-electron chi connectivity index (χ1n) is 9.68. The normalized spacial score (nSPS) is 22.1. The topological polar surface area (TPSA) is 111 Å². The fourth-order valence-corrected chi connectivity index (χ4v) is 4.55. The van der Waals surface area contributed by atoms with Crippen molar-refractivity contribution in [3.63, 3.8) is 0 Å². The lowest BCUT2D eigenvalue weighted by molar-refractivity contribution is -0.139. The first kappa shape index (κ1) is 19.9. The predicted octanol–water partition coefficient (Wildman–Crippen LogP) is 1.36. The van der Waals surface area contributed by atoms with E-state index < -0.39 is 17.4 Å². The summed E-state index contributed by atoms with van der Waals surface area (Å²) >= 11 is 0. The fourth-order valence-electron chi connectivity index (χ4n) is 4.55. The van der Waals surface area contributed by atoms with Crippen LogP contribution in [0.4, 0.5) is 5.69 Å². The summed E-state index contributed by atoms with van der Waals surface area (Å²) in [7, 11) is 1.57. The van der Waals surface area contributed by atoms with Crippen LogP contribution in [0, 0.1) is 0 Å². The molecule has 156 valence electrons. The third kappa shape index (κ3) is 3.19. The summed E-state index contributed by atoms with van der Waals surface area (Å²) < 4.78 is 10.5. The van der Waals surface area contributed by atoms with Crippen LogP contribution in [0.25, 0.3) is 0 Å². The van der Waals surface area contributed by atoms with Gasteiger partial charge in [0.1, 0.15) is 24.4 Å². The fraction of sp³-hybridized carbons (Fsp3) is 0.318. The SMILES string of the molecule is COc1cccc([C@@H]2N(C(=O)COCC(N)=O)CC[C@]23C(=O)Nc2ccccc23)c1. The van der Waals surface area contributed by atoms with Gasteiger partial charge in [0.2, 0.25) is 17.7 Å². The molecule has 1 fully saturated rings. The van der Waals surface area contributed by atoms with Gasteiger partial charge in [-0.2, -0.15) is 0 Å². The number of nitrogens with two attached hydrogens (primary N) is 1. The van der Waals surface area contributed by atoms with Crippen LogP contribution < -0.4 is 15.8 Å². The van der Waals surface area contributed by atoms with E-state index in [0.29, 0.717) is 18.7 Å². The van der Waals surface area contributed by atoms with Gasteiger partial charge in [-0.15, -0.1) is 0 Å². The Morgan fingerprint density at radius 1 is 1.20 bits per heavy atom. The van der Waals surface area contributed by atoms with Crippen molar-refractivity contribution >= 4 is 23.4 Å². The number of hydrogen-bond acceptors (Lipinski definition) is 5. The van der Waals surface area contributed by atoms with Gasteiger partial charge in [0.25, 0.3) is 0 Å². The number of hydrogen-bond donors (Lipinski definition) is 2. The van der Waals surface area contributed by atoms with Crippen molar-refractivity contribution in [3.05, 3.63) is 59.7 Å². The van der Waals surface area contributed by atoms with Crippen LogP contribution in [0.15, 0.2) is 48.5 Å². The van der Waals surface area contributed by atoms with Gasteiger partial charge in [-0.1, -0.05) is 30.3 Å². The van der Waals surface area contributed by atoms with Crippen molar-refractivity contribution in [1.82, 2.24) is 4.90 Å². The van der Waals surface area contributed by atoms with Crippen LogP contribution >= 0.6 is 0 Å². The molecular weight excluding hydrogens is 386 g/mol. The number of fused-ring (bicyclic) bond motifs is 2. The van der Waals surface area contributed by atoms with Gasteiger partial charge in [0, 0.05) is 12.2 Å². The van der Waals surface area contributed by atoms with Gasteiger partial charge in [0.05, 0.1) is 13.2 Å². The lowest BCUT2D eigenvalue weighted by atomic mass is 9.72. The van der Waals surface area contributed by atoms with E-state index in [1.54, 1.807) is 12.0 Å². The van der Waals surface area contributed by atoms with Crippen molar-refractivity contribution in [1.29, 1.82) is 0 Å². The highest BCUT2D eigenvalue weighted by Crippen LogP contribution is 2.54. The summed E-state index contributed by atoms with van der Waals surface area (Å²) in [6.45, 7) is -0.247. The molecule has 3 N–H and O–H groups in total. The molecule has 0 aliphatic carbocycles. The summed E-state index contributed by atoms with van der Waals surface area (Å²) in [5, 5.41) is 2.98. The zero-order valence-electron chi connectivity index (χ0n) is 16.6. The number of likely N-dealkylation sites (tertiary alicyclic amines) is 1. The number of rotatable bonds is 6. The Bertz CT molecular complexity index is 1010. The number of primary amides is 1. The Morgan fingerprint density at radius 3 is 2.77 bits per heavy atom. The molecule has 8 nitrogen and oxygen atoms in total. The highest BCUT2D eigenvalue weighted by molar-refractivity contribution is 6.07. The zero-order chi connectivity index (χ0) is 21.3. The maximum absolute atomic E-state index is 13.3. The number of para-hydroxylation sites is 1. The maximum atomic E-state index is 13.3. The molecule has 2 heterocycles. The minimum absolute atomic E-state index is 0.134. The minimum atomic E-state index is -0.914. The summed E-state index contributed by atoms with van der Waals surface area (Å²) in [4.78, 5) is 38.9. The molecule has 1 spiro atoms. The van der Waals surface area contributed by atoms with Crippen LogP contribution in [0.5, 0.6) is 5.75 Å². The van der Waals surface area contributed by atoms with Gasteiger partial charge in [0.15, 0.2) is 0 Å². The summed E-state index contributed by atoms with van der Waals surface area (Å²) in [5.74, 6) is -0.448. The first-order valence-corrected chi connectivity index (χ1v) is 9.68. The molecule has 4 rings (SSSR count). The lowest BCUT2D eigenvalue weighted by Crippen LogP contribution is -2.43. The summed E-state index contributed by atoms with van der Waals surface area (Å²) in [5.41, 5.74) is 6.60. The molecule has 0 unspecified atom stereocenters. The van der Waals surface area contributed by atoms with E-state index in [2.05, 4.69) is 5.32 Å². The van der Waals surface area contributed by atoms with Gasteiger partial charge in [-0.3, -0.25) is 14.4 Å².